The molecule has 1 amide bonds. The van der Waals surface area contributed by atoms with Crippen molar-refractivity contribution in [3.05, 3.63) is 36.1 Å². The summed E-state index contributed by atoms with van der Waals surface area (Å²) in [7, 11) is 0. The summed E-state index contributed by atoms with van der Waals surface area (Å²) < 4.78 is 5.93. The molecule has 0 saturated carbocycles. The Bertz CT molecular complexity index is 598. The van der Waals surface area contributed by atoms with Gasteiger partial charge in [0.05, 0.1) is 12.0 Å². The van der Waals surface area contributed by atoms with Crippen molar-refractivity contribution in [2.24, 2.45) is 5.92 Å². The molecule has 0 bridgehead atoms. The standard InChI is InChI=1S/C17H22N2O2/c1-3-8-19(17(20)14-10-18-11-14)12(2)16-9-13-6-4-5-7-15(13)21-16/h4-7,9,12,14,18H,3,8,10-11H2,1-2H3. The number of carbonyl (C=O) groups is 1. The number of hydrogen-bond donors (Lipinski definition) is 1. The molecule has 21 heavy (non-hydrogen) atoms. The highest BCUT2D eigenvalue weighted by Gasteiger charge is 2.32. The van der Waals surface area contributed by atoms with Gasteiger partial charge in [0.25, 0.3) is 0 Å². The van der Waals surface area contributed by atoms with Crippen molar-refractivity contribution in [3.63, 3.8) is 0 Å². The van der Waals surface area contributed by atoms with Crippen LogP contribution in [0.1, 0.15) is 32.1 Å². The lowest BCUT2D eigenvalue weighted by molar-refractivity contribution is -0.139. The first-order chi connectivity index (χ1) is 10.2. The zero-order valence-electron chi connectivity index (χ0n) is 12.6. The molecule has 3 rings (SSSR count). The van der Waals surface area contributed by atoms with Crippen LogP contribution in [0.5, 0.6) is 0 Å². The molecule has 1 aromatic carbocycles. The molecule has 1 saturated heterocycles. The Hall–Kier alpha value is -1.81. The van der Waals surface area contributed by atoms with E-state index in [1.165, 1.54) is 0 Å². The van der Waals surface area contributed by atoms with Crippen LogP contribution in [0.4, 0.5) is 0 Å². The molecule has 0 radical (unpaired) electrons. The molecular weight excluding hydrogens is 264 g/mol. The van der Waals surface area contributed by atoms with Crippen molar-refractivity contribution in [1.29, 1.82) is 0 Å². The first kappa shape index (κ1) is 14.1. The number of furan rings is 1. The Morgan fingerprint density at radius 3 is 2.81 bits per heavy atom. The van der Waals surface area contributed by atoms with E-state index in [0.29, 0.717) is 0 Å². The number of nitrogens with zero attached hydrogens (tertiary/aromatic N) is 1. The summed E-state index contributed by atoms with van der Waals surface area (Å²) in [5.41, 5.74) is 0.883. The first-order valence-corrected chi connectivity index (χ1v) is 7.70. The molecule has 1 aliphatic heterocycles. The number of amides is 1. The number of nitrogens with one attached hydrogen (secondary N) is 1. The highest BCUT2D eigenvalue weighted by Crippen LogP contribution is 2.28. The monoisotopic (exact) mass is 286 g/mol. The van der Waals surface area contributed by atoms with Crippen LogP contribution in [0.3, 0.4) is 0 Å². The molecule has 1 atom stereocenters. The topological polar surface area (TPSA) is 45.5 Å². The van der Waals surface area contributed by atoms with Crippen LogP contribution >= 0.6 is 0 Å². The van der Waals surface area contributed by atoms with Crippen LogP contribution in [-0.4, -0.2) is 30.4 Å². The van der Waals surface area contributed by atoms with Crippen molar-refractivity contribution in [3.8, 4) is 0 Å². The van der Waals surface area contributed by atoms with E-state index in [2.05, 4.69) is 25.2 Å². The molecule has 1 fully saturated rings. The molecule has 4 nitrogen and oxygen atoms in total. The van der Waals surface area contributed by atoms with Crippen LogP contribution in [0.2, 0.25) is 0 Å². The van der Waals surface area contributed by atoms with E-state index in [1.807, 2.05) is 29.2 Å². The van der Waals surface area contributed by atoms with Crippen molar-refractivity contribution in [1.82, 2.24) is 10.2 Å². The van der Waals surface area contributed by atoms with Crippen molar-refractivity contribution in [2.45, 2.75) is 26.3 Å². The molecule has 2 aromatic rings. The Balaban J connectivity index is 1.85. The molecule has 1 N–H and O–H groups in total. The number of para-hydroxylation sites is 1. The lowest BCUT2D eigenvalue weighted by Gasteiger charge is -2.35. The Morgan fingerprint density at radius 1 is 1.43 bits per heavy atom. The minimum Gasteiger partial charge on any atom is -0.459 e. The molecular formula is C17H22N2O2. The maximum Gasteiger partial charge on any atom is 0.228 e. The van der Waals surface area contributed by atoms with Gasteiger partial charge in [-0.1, -0.05) is 25.1 Å². The SMILES string of the molecule is CCCN(C(=O)C1CNC1)C(C)c1cc2ccccc2o1. The number of rotatable bonds is 5. The fraction of sp³-hybridized carbons (Fsp3) is 0.471. The van der Waals surface area contributed by atoms with Crippen LogP contribution in [0, 0.1) is 5.92 Å². The maximum atomic E-state index is 12.6. The Kier molecular flexibility index (Phi) is 3.97. The smallest absolute Gasteiger partial charge is 0.228 e. The van der Waals surface area contributed by atoms with Gasteiger partial charge in [-0.3, -0.25) is 4.79 Å². The summed E-state index contributed by atoms with van der Waals surface area (Å²) in [6.07, 6.45) is 0.955. The molecule has 0 aliphatic carbocycles. The second-order valence-corrected chi connectivity index (χ2v) is 5.75. The van der Waals surface area contributed by atoms with Crippen LogP contribution in [-0.2, 0) is 4.79 Å². The minimum atomic E-state index is -0.0227. The molecule has 112 valence electrons. The fourth-order valence-electron chi connectivity index (χ4n) is 2.80. The van der Waals surface area contributed by atoms with Gasteiger partial charge in [0, 0.05) is 25.0 Å². The largest absolute Gasteiger partial charge is 0.459 e. The van der Waals surface area contributed by atoms with Gasteiger partial charge in [-0.05, 0) is 25.5 Å². The van der Waals surface area contributed by atoms with Gasteiger partial charge >= 0.3 is 0 Å². The molecule has 1 aromatic heterocycles. The Labute approximate surface area is 125 Å². The van der Waals surface area contributed by atoms with Crippen molar-refractivity contribution < 1.29 is 9.21 Å². The number of benzene rings is 1. The summed E-state index contributed by atoms with van der Waals surface area (Å²) in [6.45, 7) is 6.52. The number of fused-ring (bicyclic) bond motifs is 1. The van der Waals surface area contributed by atoms with E-state index in [1.54, 1.807) is 0 Å². The summed E-state index contributed by atoms with van der Waals surface area (Å²) in [5.74, 6) is 1.23. The van der Waals surface area contributed by atoms with E-state index < -0.39 is 0 Å². The number of hydrogen-bond acceptors (Lipinski definition) is 3. The van der Waals surface area contributed by atoms with Gasteiger partial charge < -0.3 is 14.6 Å². The predicted octanol–water partition coefficient (Wildman–Crippen LogP) is 2.95. The highest BCUT2D eigenvalue weighted by molar-refractivity contribution is 5.81. The van der Waals surface area contributed by atoms with Gasteiger partial charge in [-0.15, -0.1) is 0 Å². The summed E-state index contributed by atoms with van der Waals surface area (Å²) in [4.78, 5) is 14.6. The second kappa shape index (κ2) is 5.90. The third-order valence-electron chi connectivity index (χ3n) is 4.20. The van der Waals surface area contributed by atoms with Gasteiger partial charge in [0.15, 0.2) is 0 Å². The van der Waals surface area contributed by atoms with Crippen molar-refractivity contribution >= 4 is 16.9 Å². The third-order valence-corrected chi connectivity index (χ3v) is 4.20. The molecule has 2 heterocycles. The molecule has 4 heteroatoms. The summed E-state index contributed by atoms with van der Waals surface area (Å²) in [6, 6.07) is 10.0. The fourth-order valence-corrected chi connectivity index (χ4v) is 2.80. The highest BCUT2D eigenvalue weighted by atomic mass is 16.3. The van der Waals surface area contributed by atoms with E-state index in [-0.39, 0.29) is 17.9 Å². The summed E-state index contributed by atoms with van der Waals surface area (Å²) in [5, 5.41) is 4.26. The molecule has 1 aliphatic rings. The van der Waals surface area contributed by atoms with E-state index in [4.69, 9.17) is 4.42 Å². The lowest BCUT2D eigenvalue weighted by atomic mass is 10.00. The van der Waals surface area contributed by atoms with Crippen LogP contribution < -0.4 is 5.32 Å². The first-order valence-electron chi connectivity index (χ1n) is 7.70. The van der Waals surface area contributed by atoms with E-state index >= 15 is 0 Å². The molecule has 1 unspecified atom stereocenters. The van der Waals surface area contributed by atoms with Gasteiger partial charge in [-0.25, -0.2) is 0 Å². The van der Waals surface area contributed by atoms with Crippen LogP contribution in [0.25, 0.3) is 11.0 Å². The molecule has 0 spiro atoms. The zero-order valence-corrected chi connectivity index (χ0v) is 12.6. The predicted molar refractivity (Wildman–Crippen MR) is 83.0 cm³/mol. The average Bonchev–Trinajstić information content (AvgIpc) is 2.86. The quantitative estimate of drug-likeness (QED) is 0.919. The average molecular weight is 286 g/mol. The number of carbonyl (C=O) groups excluding carboxylic acids is 1. The third kappa shape index (κ3) is 2.68. The van der Waals surface area contributed by atoms with Crippen LogP contribution in [0.15, 0.2) is 34.7 Å². The summed E-state index contributed by atoms with van der Waals surface area (Å²) >= 11 is 0. The lowest BCUT2D eigenvalue weighted by Crippen LogP contribution is -2.52. The van der Waals surface area contributed by atoms with E-state index in [9.17, 15) is 4.79 Å². The van der Waals surface area contributed by atoms with Gasteiger partial charge in [-0.2, -0.15) is 0 Å². The van der Waals surface area contributed by atoms with Crippen molar-refractivity contribution in [2.75, 3.05) is 19.6 Å². The second-order valence-electron chi connectivity index (χ2n) is 5.75. The normalized spacial score (nSPS) is 16.7. The van der Waals surface area contributed by atoms with E-state index in [0.717, 1.165) is 42.8 Å². The zero-order chi connectivity index (χ0) is 14.8. The van der Waals surface area contributed by atoms with Gasteiger partial charge in [0.2, 0.25) is 5.91 Å². The van der Waals surface area contributed by atoms with Gasteiger partial charge in [0.1, 0.15) is 11.3 Å². The maximum absolute atomic E-state index is 12.6. The Morgan fingerprint density at radius 2 is 2.19 bits per heavy atom. The minimum absolute atomic E-state index is 0.0227.